The molecule has 0 fully saturated rings. The van der Waals surface area contributed by atoms with E-state index in [-0.39, 0.29) is 0 Å². The first-order valence-corrected chi connectivity index (χ1v) is 6.69. The van der Waals surface area contributed by atoms with Crippen LogP contribution >= 0.6 is 0 Å². The molecule has 0 nitrogen and oxygen atoms in total. The van der Waals surface area contributed by atoms with Gasteiger partial charge in [-0.05, 0) is 32.6 Å². The summed E-state index contributed by atoms with van der Waals surface area (Å²) in [6.45, 7) is 4.39. The zero-order valence-electron chi connectivity index (χ0n) is 10.5. The molecule has 0 aromatic heterocycles. The molecule has 0 aliphatic heterocycles. The van der Waals surface area contributed by atoms with Gasteiger partial charge in [0.2, 0.25) is 0 Å². The summed E-state index contributed by atoms with van der Waals surface area (Å²) in [6, 6.07) is 0. The predicted molar refractivity (Wildman–Crippen MR) is 69.1 cm³/mol. The minimum Gasteiger partial charge on any atom is -0.0913 e. The van der Waals surface area contributed by atoms with Crippen LogP contribution in [0.25, 0.3) is 0 Å². The fraction of sp³-hybridized carbons (Fsp3) is 0.733. The molecule has 1 aliphatic carbocycles. The summed E-state index contributed by atoms with van der Waals surface area (Å²) in [5, 5.41) is 0. The zero-order valence-corrected chi connectivity index (χ0v) is 10.5. The Kier molecular flexibility index (Phi) is 6.47. The van der Waals surface area contributed by atoms with E-state index in [1.165, 1.54) is 57.8 Å². The van der Waals surface area contributed by atoms with Gasteiger partial charge in [0.15, 0.2) is 0 Å². The van der Waals surface area contributed by atoms with Gasteiger partial charge in [-0.3, -0.25) is 0 Å². The van der Waals surface area contributed by atoms with Gasteiger partial charge in [-0.15, -0.1) is 0 Å². The fourth-order valence-corrected chi connectivity index (χ4v) is 2.07. The van der Waals surface area contributed by atoms with Crippen molar-refractivity contribution >= 4 is 0 Å². The number of hydrogen-bond acceptors (Lipinski definition) is 0. The first-order valence-electron chi connectivity index (χ1n) is 6.69. The summed E-state index contributed by atoms with van der Waals surface area (Å²) in [5.41, 5.74) is 3.49. The average molecular weight is 206 g/mol. The lowest BCUT2D eigenvalue weighted by Gasteiger charge is -1.97. The smallest absolute Gasteiger partial charge is 0.00996 e. The normalized spacial score (nSPS) is 15.3. The molecule has 0 heterocycles. The summed E-state index contributed by atoms with van der Waals surface area (Å²) >= 11 is 0. The Bertz CT molecular complexity index is 220. The molecule has 1 rings (SSSR count). The van der Waals surface area contributed by atoms with Crippen LogP contribution in [0.5, 0.6) is 0 Å². The largest absolute Gasteiger partial charge is 0.0913 e. The second-order valence-electron chi connectivity index (χ2n) is 4.67. The molecule has 0 spiro atoms. The highest BCUT2D eigenvalue weighted by Gasteiger charge is 2.18. The summed E-state index contributed by atoms with van der Waals surface area (Å²) in [7, 11) is 0. The maximum absolute atomic E-state index is 2.28. The van der Waals surface area contributed by atoms with E-state index in [0.717, 1.165) is 0 Å². The standard InChI is InChI=1S/C15H26/c1-3-5-7-8-9-10-12-15-13-14(15)11-6-4-2/h4,6H,3,5,7-13H2,1-2H3. The van der Waals surface area contributed by atoms with Crippen molar-refractivity contribution in [3.05, 3.63) is 23.3 Å². The van der Waals surface area contributed by atoms with Crippen LogP contribution in [0.3, 0.4) is 0 Å². The molecule has 1 aliphatic rings. The lowest BCUT2D eigenvalue weighted by molar-refractivity contribution is 0.608. The van der Waals surface area contributed by atoms with Crippen LogP contribution in [0.1, 0.15) is 71.6 Å². The second-order valence-corrected chi connectivity index (χ2v) is 4.67. The fourth-order valence-electron chi connectivity index (χ4n) is 2.07. The van der Waals surface area contributed by atoms with Crippen molar-refractivity contribution in [1.82, 2.24) is 0 Å². The van der Waals surface area contributed by atoms with Gasteiger partial charge in [0.05, 0.1) is 0 Å². The SMILES string of the molecule is CC=CCC1=C(CCCCCCCC)C1. The van der Waals surface area contributed by atoms with Crippen LogP contribution in [0.15, 0.2) is 23.3 Å². The molecule has 0 amide bonds. The molecule has 0 atom stereocenters. The third-order valence-corrected chi connectivity index (χ3v) is 3.23. The van der Waals surface area contributed by atoms with E-state index in [4.69, 9.17) is 0 Å². The highest BCUT2D eigenvalue weighted by atomic mass is 14.2. The van der Waals surface area contributed by atoms with E-state index in [0.29, 0.717) is 0 Å². The van der Waals surface area contributed by atoms with E-state index in [9.17, 15) is 0 Å². The number of unbranched alkanes of at least 4 members (excludes halogenated alkanes) is 5. The maximum Gasteiger partial charge on any atom is -0.00996 e. The molecule has 0 N–H and O–H groups in total. The molecule has 0 radical (unpaired) electrons. The molecule has 86 valence electrons. The summed E-state index contributed by atoms with van der Waals surface area (Å²) in [4.78, 5) is 0. The lowest BCUT2D eigenvalue weighted by atomic mass is 10.1. The van der Waals surface area contributed by atoms with E-state index in [2.05, 4.69) is 26.0 Å². The van der Waals surface area contributed by atoms with Crippen molar-refractivity contribution in [3.8, 4) is 0 Å². The first-order chi connectivity index (χ1) is 7.38. The van der Waals surface area contributed by atoms with Gasteiger partial charge >= 0.3 is 0 Å². The summed E-state index contributed by atoms with van der Waals surface area (Å²) in [6.07, 6.45) is 17.0. The minimum atomic E-state index is 1.22. The van der Waals surface area contributed by atoms with Crippen LogP contribution in [-0.2, 0) is 0 Å². The van der Waals surface area contributed by atoms with Gasteiger partial charge < -0.3 is 0 Å². The third-order valence-electron chi connectivity index (χ3n) is 3.23. The Morgan fingerprint density at radius 3 is 2.47 bits per heavy atom. The predicted octanol–water partition coefficient (Wildman–Crippen LogP) is 5.40. The van der Waals surface area contributed by atoms with Crippen LogP contribution in [0.2, 0.25) is 0 Å². The Hall–Kier alpha value is -0.520. The summed E-state index contributed by atoms with van der Waals surface area (Å²) < 4.78 is 0. The Balaban J connectivity index is 1.91. The highest BCUT2D eigenvalue weighted by molar-refractivity contribution is 5.36. The zero-order chi connectivity index (χ0) is 10.9. The second kappa shape index (κ2) is 7.73. The molecular formula is C15H26. The van der Waals surface area contributed by atoms with Crippen molar-refractivity contribution in [2.24, 2.45) is 0 Å². The number of hydrogen-bond donors (Lipinski definition) is 0. The van der Waals surface area contributed by atoms with Crippen molar-refractivity contribution in [2.45, 2.75) is 71.6 Å². The molecule has 0 heteroatoms. The lowest BCUT2D eigenvalue weighted by Crippen LogP contribution is -1.78. The minimum absolute atomic E-state index is 1.22. The van der Waals surface area contributed by atoms with Gasteiger partial charge in [-0.2, -0.15) is 0 Å². The Morgan fingerprint density at radius 1 is 1.00 bits per heavy atom. The Labute approximate surface area is 95.5 Å². The van der Waals surface area contributed by atoms with Crippen molar-refractivity contribution in [2.75, 3.05) is 0 Å². The quantitative estimate of drug-likeness (QED) is 0.350. The summed E-state index contributed by atoms with van der Waals surface area (Å²) in [5.74, 6) is 0. The Morgan fingerprint density at radius 2 is 1.73 bits per heavy atom. The van der Waals surface area contributed by atoms with E-state index < -0.39 is 0 Å². The molecule has 0 aromatic rings. The van der Waals surface area contributed by atoms with Gasteiger partial charge in [0.1, 0.15) is 0 Å². The van der Waals surface area contributed by atoms with Gasteiger partial charge in [0, 0.05) is 0 Å². The van der Waals surface area contributed by atoms with Gasteiger partial charge in [-0.1, -0.05) is 62.3 Å². The third kappa shape index (κ3) is 5.81. The van der Waals surface area contributed by atoms with E-state index in [1.54, 1.807) is 11.1 Å². The van der Waals surface area contributed by atoms with E-state index in [1.807, 2.05) is 0 Å². The molecular weight excluding hydrogens is 180 g/mol. The topological polar surface area (TPSA) is 0 Å². The molecule has 15 heavy (non-hydrogen) atoms. The number of allylic oxidation sites excluding steroid dienone is 4. The highest BCUT2D eigenvalue weighted by Crippen LogP contribution is 2.37. The van der Waals surface area contributed by atoms with E-state index >= 15 is 0 Å². The van der Waals surface area contributed by atoms with Crippen molar-refractivity contribution in [3.63, 3.8) is 0 Å². The number of rotatable bonds is 9. The van der Waals surface area contributed by atoms with Crippen LogP contribution in [0, 0.1) is 0 Å². The van der Waals surface area contributed by atoms with Crippen LogP contribution in [-0.4, -0.2) is 0 Å². The van der Waals surface area contributed by atoms with Crippen molar-refractivity contribution in [1.29, 1.82) is 0 Å². The molecule has 0 unspecified atom stereocenters. The van der Waals surface area contributed by atoms with Crippen LogP contribution in [0.4, 0.5) is 0 Å². The monoisotopic (exact) mass is 206 g/mol. The van der Waals surface area contributed by atoms with Crippen LogP contribution < -0.4 is 0 Å². The van der Waals surface area contributed by atoms with Crippen molar-refractivity contribution < 1.29 is 0 Å². The maximum atomic E-state index is 2.28. The molecule has 0 saturated heterocycles. The molecule has 0 aromatic carbocycles. The average Bonchev–Trinajstić information content (AvgIpc) is 2.99. The van der Waals surface area contributed by atoms with Gasteiger partial charge in [0.25, 0.3) is 0 Å². The molecule has 0 saturated carbocycles. The molecule has 0 bridgehead atoms. The van der Waals surface area contributed by atoms with Gasteiger partial charge in [-0.25, -0.2) is 0 Å². The first kappa shape index (κ1) is 12.5.